The largest absolute Gasteiger partial charge is 0.444 e. The zero-order chi connectivity index (χ0) is 20.2. The predicted molar refractivity (Wildman–Crippen MR) is 103 cm³/mol. The maximum atomic E-state index is 14.8. The van der Waals surface area contributed by atoms with E-state index in [-0.39, 0.29) is 19.5 Å². The highest BCUT2D eigenvalue weighted by molar-refractivity contribution is 6.31. The molecule has 0 aliphatic rings. The van der Waals surface area contributed by atoms with E-state index in [2.05, 4.69) is 6.58 Å². The Bertz CT molecular complexity index is 831. The average Bonchev–Trinajstić information content (AvgIpc) is 2.52. The summed E-state index contributed by atoms with van der Waals surface area (Å²) < 4.78 is 21.0. The number of carbonyl (C=O) groups excluding carboxylic acids is 1. The number of benzene rings is 1. The van der Waals surface area contributed by atoms with E-state index in [0.717, 1.165) is 10.1 Å². The van der Waals surface area contributed by atoms with Gasteiger partial charge < -0.3 is 9.64 Å². The number of aromatic nitrogens is 1. The normalized spacial score (nSPS) is 12.6. The zero-order valence-corrected chi connectivity index (χ0v) is 16.5. The highest BCUT2D eigenvalue weighted by Gasteiger charge is 2.25. The summed E-state index contributed by atoms with van der Waals surface area (Å²) >= 11 is 5.99. The Hall–Kier alpha value is -2.34. The van der Waals surface area contributed by atoms with Gasteiger partial charge >= 0.3 is 6.09 Å². The molecule has 1 atom stereocenters. The van der Waals surface area contributed by atoms with Gasteiger partial charge in [0.25, 0.3) is 0 Å². The number of ether oxygens (including phenoxy) is 1. The SMILES string of the molecule is C=CCN(CC(F)Cc1c[n+](O)cc2cc(Cl)ccc12)C(=O)OC(C)(C)C. The number of halogens is 2. The van der Waals surface area contributed by atoms with E-state index in [1.807, 2.05) is 0 Å². The molecule has 1 N–H and O–H groups in total. The zero-order valence-electron chi connectivity index (χ0n) is 15.8. The van der Waals surface area contributed by atoms with Crippen LogP contribution in [-0.4, -0.2) is 41.1 Å². The summed E-state index contributed by atoms with van der Waals surface area (Å²) in [6.45, 7) is 8.91. The van der Waals surface area contributed by atoms with Crippen LogP contribution < -0.4 is 4.73 Å². The van der Waals surface area contributed by atoms with Crippen molar-refractivity contribution in [2.75, 3.05) is 13.1 Å². The lowest BCUT2D eigenvalue weighted by Crippen LogP contribution is -2.40. The van der Waals surface area contributed by atoms with E-state index in [1.54, 1.807) is 39.0 Å². The number of nitrogens with zero attached hydrogens (tertiary/aromatic N) is 2. The van der Waals surface area contributed by atoms with Gasteiger partial charge in [-0.1, -0.05) is 23.7 Å². The van der Waals surface area contributed by atoms with Gasteiger partial charge in [-0.15, -0.1) is 6.58 Å². The molecule has 2 aromatic rings. The molecule has 1 heterocycles. The van der Waals surface area contributed by atoms with Crippen LogP contribution in [0.5, 0.6) is 0 Å². The minimum atomic E-state index is -1.35. The molecule has 0 spiro atoms. The van der Waals surface area contributed by atoms with Crippen LogP contribution in [0.4, 0.5) is 9.18 Å². The minimum Gasteiger partial charge on any atom is -0.444 e. The molecular formula is C20H25ClFN2O3+. The van der Waals surface area contributed by atoms with Crippen molar-refractivity contribution in [3.63, 3.8) is 0 Å². The van der Waals surface area contributed by atoms with E-state index >= 15 is 0 Å². The van der Waals surface area contributed by atoms with Crippen LogP contribution in [0.25, 0.3) is 10.8 Å². The molecular weight excluding hydrogens is 371 g/mol. The monoisotopic (exact) mass is 395 g/mol. The molecule has 0 aliphatic heterocycles. The van der Waals surface area contributed by atoms with Crippen molar-refractivity contribution in [1.82, 2.24) is 4.90 Å². The Morgan fingerprint density at radius 2 is 2.15 bits per heavy atom. The molecule has 5 nitrogen and oxygen atoms in total. The molecule has 0 saturated carbocycles. The molecule has 0 radical (unpaired) electrons. The first-order valence-electron chi connectivity index (χ1n) is 8.64. The van der Waals surface area contributed by atoms with Crippen LogP contribution in [0.15, 0.2) is 43.2 Å². The molecule has 27 heavy (non-hydrogen) atoms. The first-order valence-corrected chi connectivity index (χ1v) is 9.02. The van der Waals surface area contributed by atoms with Gasteiger partial charge in [-0.05, 0) is 38.3 Å². The number of pyridine rings is 1. The molecule has 1 aromatic carbocycles. The Morgan fingerprint density at radius 3 is 2.78 bits per heavy atom. The van der Waals surface area contributed by atoms with Crippen LogP contribution in [0.2, 0.25) is 5.02 Å². The summed E-state index contributed by atoms with van der Waals surface area (Å²) in [5, 5.41) is 11.9. The maximum absolute atomic E-state index is 14.8. The summed E-state index contributed by atoms with van der Waals surface area (Å²) in [5.74, 6) is 0. The van der Waals surface area contributed by atoms with Gasteiger partial charge in [0.1, 0.15) is 11.8 Å². The lowest BCUT2D eigenvalue weighted by atomic mass is 10.0. The van der Waals surface area contributed by atoms with Crippen LogP contribution >= 0.6 is 11.6 Å². The third-order valence-corrected chi connectivity index (χ3v) is 4.02. The smallest absolute Gasteiger partial charge is 0.410 e. The second kappa shape index (κ2) is 8.57. The second-order valence-electron chi connectivity index (χ2n) is 7.37. The van der Waals surface area contributed by atoms with E-state index in [1.165, 1.54) is 23.4 Å². The number of rotatable bonds is 6. The number of alkyl halides is 1. The molecule has 2 rings (SSSR count). The molecule has 0 bridgehead atoms. The number of carbonyl (C=O) groups is 1. The third kappa shape index (κ3) is 6.10. The van der Waals surface area contributed by atoms with Gasteiger partial charge in [0.15, 0.2) is 0 Å². The number of amides is 1. The number of hydrogen-bond donors (Lipinski definition) is 1. The fourth-order valence-corrected chi connectivity index (χ4v) is 2.93. The minimum absolute atomic E-state index is 0.0238. The highest BCUT2D eigenvalue weighted by atomic mass is 35.5. The Morgan fingerprint density at radius 1 is 1.44 bits per heavy atom. The standard InChI is InChI=1S/C20H25ClFN2O3/c1-5-8-23(19(25)27-20(2,3)4)13-17(22)10-15-12-24(26)11-14-9-16(21)6-7-18(14)15/h5-7,9,11-12,17,26H,1,8,10,13H2,2-4H3/q+1. The maximum Gasteiger partial charge on any atom is 0.410 e. The van der Waals surface area contributed by atoms with E-state index in [0.29, 0.717) is 16.0 Å². The van der Waals surface area contributed by atoms with Crippen molar-refractivity contribution in [1.29, 1.82) is 0 Å². The molecule has 1 aromatic heterocycles. The van der Waals surface area contributed by atoms with Crippen molar-refractivity contribution in [2.24, 2.45) is 0 Å². The Balaban J connectivity index is 2.18. The van der Waals surface area contributed by atoms with E-state index in [4.69, 9.17) is 16.3 Å². The van der Waals surface area contributed by atoms with Gasteiger partial charge in [-0.2, -0.15) is 0 Å². The van der Waals surface area contributed by atoms with E-state index in [9.17, 15) is 14.4 Å². The molecule has 146 valence electrons. The van der Waals surface area contributed by atoms with Crippen molar-refractivity contribution in [3.8, 4) is 0 Å². The molecule has 0 saturated heterocycles. The van der Waals surface area contributed by atoms with Gasteiger partial charge in [0, 0.05) is 28.3 Å². The summed E-state index contributed by atoms with van der Waals surface area (Å²) in [5.41, 5.74) is -0.0541. The van der Waals surface area contributed by atoms with E-state index < -0.39 is 17.9 Å². The van der Waals surface area contributed by atoms with Gasteiger partial charge in [0.2, 0.25) is 12.4 Å². The first-order chi connectivity index (χ1) is 12.6. The van der Waals surface area contributed by atoms with Gasteiger partial charge in [0.05, 0.1) is 11.9 Å². The number of fused-ring (bicyclic) bond motifs is 1. The second-order valence-corrected chi connectivity index (χ2v) is 7.81. The van der Waals surface area contributed by atoms with Crippen LogP contribution in [-0.2, 0) is 11.2 Å². The highest BCUT2D eigenvalue weighted by Crippen LogP contribution is 2.23. The Kier molecular flexibility index (Phi) is 6.65. The third-order valence-electron chi connectivity index (χ3n) is 3.78. The molecule has 0 aliphatic carbocycles. The Labute approximate surface area is 163 Å². The topological polar surface area (TPSA) is 53.7 Å². The van der Waals surface area contributed by atoms with Crippen LogP contribution in [0.1, 0.15) is 26.3 Å². The lowest BCUT2D eigenvalue weighted by molar-refractivity contribution is -0.904. The molecule has 1 amide bonds. The van der Waals surface area contributed by atoms with Crippen molar-refractivity contribution in [2.45, 2.75) is 39.0 Å². The molecule has 1 unspecified atom stereocenters. The van der Waals surface area contributed by atoms with Crippen molar-refractivity contribution in [3.05, 3.63) is 53.8 Å². The summed E-state index contributed by atoms with van der Waals surface area (Å²) in [7, 11) is 0. The van der Waals surface area contributed by atoms with Gasteiger partial charge in [-0.25, -0.2) is 9.18 Å². The predicted octanol–water partition coefficient (Wildman–Crippen LogP) is 4.32. The molecule has 0 fully saturated rings. The quantitative estimate of drug-likeness (QED) is 0.450. The number of hydrogen-bond acceptors (Lipinski definition) is 3. The fraction of sp³-hybridized carbons (Fsp3) is 0.400. The van der Waals surface area contributed by atoms with Crippen LogP contribution in [0, 0.1) is 0 Å². The fourth-order valence-electron chi connectivity index (χ4n) is 2.75. The molecule has 7 heteroatoms. The van der Waals surface area contributed by atoms with Crippen molar-refractivity contribution >= 4 is 28.5 Å². The summed E-state index contributed by atoms with van der Waals surface area (Å²) in [6, 6.07) is 5.20. The van der Waals surface area contributed by atoms with Gasteiger partial charge in [-0.3, -0.25) is 5.21 Å². The first kappa shape index (κ1) is 21.0. The summed E-state index contributed by atoms with van der Waals surface area (Å²) in [4.78, 5) is 13.5. The average molecular weight is 396 g/mol. The summed E-state index contributed by atoms with van der Waals surface area (Å²) in [6.07, 6.45) is 2.57. The van der Waals surface area contributed by atoms with Crippen molar-refractivity contribution < 1.29 is 23.9 Å². The lowest BCUT2D eigenvalue weighted by Gasteiger charge is -2.27. The van der Waals surface area contributed by atoms with Crippen LogP contribution in [0.3, 0.4) is 0 Å².